The molecule has 1 aliphatic rings. The first-order valence-electron chi connectivity index (χ1n) is 7.95. The van der Waals surface area contributed by atoms with Gasteiger partial charge in [0.05, 0.1) is 16.8 Å². The number of amides is 2. The molecule has 0 spiro atoms. The van der Waals surface area contributed by atoms with Crippen LogP contribution in [0.15, 0.2) is 42.5 Å². The van der Waals surface area contributed by atoms with Crippen LogP contribution in [-0.4, -0.2) is 17.5 Å². The van der Waals surface area contributed by atoms with Crippen molar-refractivity contribution >= 4 is 23.3 Å². The predicted molar refractivity (Wildman–Crippen MR) is 95.1 cm³/mol. The van der Waals surface area contributed by atoms with Crippen molar-refractivity contribution < 1.29 is 4.79 Å². The molecule has 2 aromatic rings. The predicted octanol–water partition coefficient (Wildman–Crippen LogP) is 5.33. The van der Waals surface area contributed by atoms with Gasteiger partial charge in [0.1, 0.15) is 0 Å². The Morgan fingerprint density at radius 1 is 1.13 bits per heavy atom. The van der Waals surface area contributed by atoms with Crippen molar-refractivity contribution in [3.63, 3.8) is 0 Å². The van der Waals surface area contributed by atoms with Gasteiger partial charge in [-0.15, -0.1) is 0 Å². The van der Waals surface area contributed by atoms with Gasteiger partial charge in [0.25, 0.3) is 0 Å². The maximum Gasteiger partial charge on any atom is 0.322 e. The zero-order valence-corrected chi connectivity index (χ0v) is 14.2. The van der Waals surface area contributed by atoms with Crippen LogP contribution in [-0.2, 0) is 0 Å². The van der Waals surface area contributed by atoms with Crippen molar-refractivity contribution in [1.29, 1.82) is 0 Å². The van der Waals surface area contributed by atoms with Crippen LogP contribution in [0.1, 0.15) is 35.6 Å². The average molecular weight is 329 g/mol. The lowest BCUT2D eigenvalue weighted by Crippen LogP contribution is -2.34. The van der Waals surface area contributed by atoms with Crippen LogP contribution in [0.2, 0.25) is 5.02 Å². The van der Waals surface area contributed by atoms with Gasteiger partial charge >= 0.3 is 6.03 Å². The van der Waals surface area contributed by atoms with E-state index in [9.17, 15) is 4.79 Å². The molecule has 23 heavy (non-hydrogen) atoms. The molecule has 0 unspecified atom stereocenters. The number of likely N-dealkylation sites (tertiary alicyclic amines) is 1. The number of carbonyl (C=O) groups is 1. The Hall–Kier alpha value is -2.00. The van der Waals surface area contributed by atoms with E-state index < -0.39 is 0 Å². The van der Waals surface area contributed by atoms with Gasteiger partial charge in [0, 0.05) is 6.54 Å². The van der Waals surface area contributed by atoms with Crippen LogP contribution in [0, 0.1) is 13.8 Å². The first kappa shape index (κ1) is 15.9. The molecule has 0 aliphatic carbocycles. The Labute approximate surface area is 142 Å². The molecule has 1 N–H and O–H groups in total. The minimum atomic E-state index is -0.0844. The molecule has 1 saturated heterocycles. The number of aryl methyl sites for hydroxylation is 2. The Morgan fingerprint density at radius 3 is 2.52 bits per heavy atom. The molecule has 4 heteroatoms. The smallest absolute Gasteiger partial charge is 0.317 e. The molecule has 0 radical (unpaired) electrons. The molecule has 2 amide bonds. The lowest BCUT2D eigenvalue weighted by molar-refractivity contribution is 0.207. The molecule has 1 aliphatic heterocycles. The summed E-state index contributed by atoms with van der Waals surface area (Å²) in [5.41, 5.74) is 4.16. The standard InChI is InChI=1S/C19H21ClN2O/c1-13-5-8-15(9-6-13)18-4-3-11-22(18)19(23)21-17-10-7-14(2)12-16(17)20/h5-10,12,18H,3-4,11H2,1-2H3,(H,21,23)/t18-/m0/s1. The van der Waals surface area contributed by atoms with Gasteiger partial charge in [-0.25, -0.2) is 4.79 Å². The van der Waals surface area contributed by atoms with Crippen molar-refractivity contribution in [3.8, 4) is 0 Å². The highest BCUT2D eigenvalue weighted by molar-refractivity contribution is 6.33. The fourth-order valence-electron chi connectivity index (χ4n) is 3.05. The van der Waals surface area contributed by atoms with E-state index in [1.807, 2.05) is 30.0 Å². The number of hydrogen-bond donors (Lipinski definition) is 1. The highest BCUT2D eigenvalue weighted by Crippen LogP contribution is 2.33. The number of nitrogens with one attached hydrogen (secondary N) is 1. The second-order valence-electron chi connectivity index (χ2n) is 6.18. The first-order chi connectivity index (χ1) is 11.0. The van der Waals surface area contributed by atoms with E-state index in [2.05, 4.69) is 36.5 Å². The largest absolute Gasteiger partial charge is 0.322 e. The van der Waals surface area contributed by atoms with E-state index in [1.165, 1.54) is 11.1 Å². The van der Waals surface area contributed by atoms with Crippen LogP contribution >= 0.6 is 11.6 Å². The third kappa shape index (κ3) is 3.50. The summed E-state index contributed by atoms with van der Waals surface area (Å²) >= 11 is 6.22. The summed E-state index contributed by atoms with van der Waals surface area (Å²) in [5, 5.41) is 3.52. The van der Waals surface area contributed by atoms with E-state index in [1.54, 1.807) is 0 Å². The van der Waals surface area contributed by atoms with Gasteiger partial charge in [-0.3, -0.25) is 0 Å². The van der Waals surface area contributed by atoms with Crippen molar-refractivity contribution in [2.75, 3.05) is 11.9 Å². The minimum Gasteiger partial charge on any atom is -0.317 e. The molecule has 120 valence electrons. The Morgan fingerprint density at radius 2 is 1.83 bits per heavy atom. The fourth-order valence-corrected chi connectivity index (χ4v) is 3.34. The van der Waals surface area contributed by atoms with E-state index >= 15 is 0 Å². The molecule has 3 nitrogen and oxygen atoms in total. The van der Waals surface area contributed by atoms with Crippen LogP contribution in [0.25, 0.3) is 0 Å². The number of benzene rings is 2. The Balaban J connectivity index is 1.76. The second-order valence-corrected chi connectivity index (χ2v) is 6.58. The van der Waals surface area contributed by atoms with Crippen molar-refractivity contribution in [2.24, 2.45) is 0 Å². The average Bonchev–Trinajstić information content (AvgIpc) is 3.00. The van der Waals surface area contributed by atoms with Gasteiger partial charge in [0.2, 0.25) is 0 Å². The summed E-state index contributed by atoms with van der Waals surface area (Å²) in [7, 11) is 0. The Kier molecular flexibility index (Phi) is 4.58. The van der Waals surface area contributed by atoms with Crippen molar-refractivity contribution in [1.82, 2.24) is 4.90 Å². The molecule has 1 atom stereocenters. The molecule has 1 fully saturated rings. The number of carbonyl (C=O) groups excluding carboxylic acids is 1. The normalized spacial score (nSPS) is 17.3. The summed E-state index contributed by atoms with van der Waals surface area (Å²) in [6.45, 7) is 4.82. The molecular weight excluding hydrogens is 308 g/mol. The second kappa shape index (κ2) is 6.63. The van der Waals surface area contributed by atoms with Crippen LogP contribution in [0.5, 0.6) is 0 Å². The lowest BCUT2D eigenvalue weighted by Gasteiger charge is -2.25. The summed E-state index contributed by atoms with van der Waals surface area (Å²) in [5.74, 6) is 0. The lowest BCUT2D eigenvalue weighted by atomic mass is 10.0. The van der Waals surface area contributed by atoms with Crippen LogP contribution in [0.3, 0.4) is 0 Å². The molecule has 0 saturated carbocycles. The monoisotopic (exact) mass is 328 g/mol. The topological polar surface area (TPSA) is 32.3 Å². The van der Waals surface area contributed by atoms with Gasteiger partial charge in [0.15, 0.2) is 0 Å². The molecule has 1 heterocycles. The molecular formula is C19H21ClN2O. The van der Waals surface area contributed by atoms with Crippen molar-refractivity contribution in [3.05, 3.63) is 64.2 Å². The third-order valence-electron chi connectivity index (χ3n) is 4.34. The fraction of sp³-hybridized carbons (Fsp3) is 0.316. The van der Waals surface area contributed by atoms with Gasteiger partial charge in [-0.05, 0) is 49.9 Å². The van der Waals surface area contributed by atoms with E-state index in [-0.39, 0.29) is 12.1 Å². The third-order valence-corrected chi connectivity index (χ3v) is 4.65. The number of hydrogen-bond acceptors (Lipinski definition) is 1. The maximum absolute atomic E-state index is 12.7. The van der Waals surface area contributed by atoms with E-state index in [4.69, 9.17) is 11.6 Å². The highest BCUT2D eigenvalue weighted by Gasteiger charge is 2.30. The van der Waals surface area contributed by atoms with E-state index in [0.717, 1.165) is 24.9 Å². The molecule has 2 aromatic carbocycles. The van der Waals surface area contributed by atoms with Crippen LogP contribution < -0.4 is 5.32 Å². The summed E-state index contributed by atoms with van der Waals surface area (Å²) in [4.78, 5) is 14.6. The zero-order valence-electron chi connectivity index (χ0n) is 13.5. The molecule has 0 bridgehead atoms. The number of nitrogens with zero attached hydrogens (tertiary/aromatic N) is 1. The minimum absolute atomic E-state index is 0.0844. The summed E-state index contributed by atoms with van der Waals surface area (Å²) < 4.78 is 0. The first-order valence-corrected chi connectivity index (χ1v) is 8.33. The van der Waals surface area contributed by atoms with E-state index in [0.29, 0.717) is 10.7 Å². The van der Waals surface area contributed by atoms with Gasteiger partial charge < -0.3 is 10.2 Å². The number of halogens is 1. The molecule has 3 rings (SSSR count). The number of rotatable bonds is 2. The SMILES string of the molecule is Cc1ccc([C@@H]2CCCN2C(=O)Nc2ccc(C)cc2Cl)cc1. The number of urea groups is 1. The summed E-state index contributed by atoms with van der Waals surface area (Å²) in [6, 6.07) is 14.1. The van der Waals surface area contributed by atoms with Gasteiger partial charge in [-0.2, -0.15) is 0 Å². The maximum atomic E-state index is 12.7. The van der Waals surface area contributed by atoms with Crippen LogP contribution in [0.4, 0.5) is 10.5 Å². The number of anilines is 1. The van der Waals surface area contributed by atoms with Gasteiger partial charge in [-0.1, -0.05) is 47.5 Å². The summed E-state index contributed by atoms with van der Waals surface area (Å²) in [6.07, 6.45) is 2.02. The van der Waals surface area contributed by atoms with Crippen molar-refractivity contribution in [2.45, 2.75) is 32.7 Å². The molecule has 0 aromatic heterocycles. The Bertz CT molecular complexity index is 712. The quantitative estimate of drug-likeness (QED) is 0.794. The highest BCUT2D eigenvalue weighted by atomic mass is 35.5. The zero-order chi connectivity index (χ0) is 16.4.